The molecule has 2 amide bonds. The largest absolute Gasteiger partial charge is 0.496 e. The number of alkyl carbamates (subject to hydrolysis) is 1. The first-order chi connectivity index (χ1) is 16.9. The van der Waals surface area contributed by atoms with E-state index in [2.05, 4.69) is 22.8 Å². The number of aliphatic hydroxyl groups is 1. The molecule has 0 aliphatic heterocycles. The van der Waals surface area contributed by atoms with Crippen molar-refractivity contribution in [2.24, 2.45) is 5.92 Å². The van der Waals surface area contributed by atoms with Gasteiger partial charge in [-0.15, -0.1) is 0 Å². The highest BCUT2D eigenvalue weighted by Gasteiger charge is 2.38. The number of carbonyl (C=O) groups excluding carboxylic acids is 2. The number of carbonyl (C=O) groups is 2. The van der Waals surface area contributed by atoms with Crippen LogP contribution >= 0.6 is 0 Å². The van der Waals surface area contributed by atoms with Crippen LogP contribution in [0.15, 0.2) is 54.6 Å². The summed E-state index contributed by atoms with van der Waals surface area (Å²) in [5.74, 6) is 0.535. The molecule has 0 aromatic heterocycles. The van der Waals surface area contributed by atoms with Crippen LogP contribution in [0.25, 0.3) is 0 Å². The molecule has 2 aromatic rings. The molecule has 0 saturated heterocycles. The summed E-state index contributed by atoms with van der Waals surface area (Å²) < 4.78 is 11.1. The van der Waals surface area contributed by atoms with E-state index in [9.17, 15) is 14.7 Å². The van der Waals surface area contributed by atoms with Gasteiger partial charge in [-0.2, -0.15) is 0 Å². The molecule has 3 N–H and O–H groups in total. The Bertz CT molecular complexity index is 957. The Kier molecular flexibility index (Phi) is 9.55. The van der Waals surface area contributed by atoms with Crippen molar-refractivity contribution in [2.75, 3.05) is 20.3 Å². The molecule has 190 valence electrons. The van der Waals surface area contributed by atoms with Gasteiger partial charge < -0.3 is 25.2 Å². The molecule has 3 rings (SSSR count). The molecular formula is C28H38N2O5. The van der Waals surface area contributed by atoms with Crippen LogP contribution in [0, 0.1) is 5.92 Å². The van der Waals surface area contributed by atoms with E-state index < -0.39 is 6.09 Å². The number of nitrogens with one attached hydrogen (secondary N) is 2. The summed E-state index contributed by atoms with van der Waals surface area (Å²) in [6.07, 6.45) is 3.11. The van der Waals surface area contributed by atoms with Crippen LogP contribution in [0.2, 0.25) is 0 Å². The zero-order valence-electron chi connectivity index (χ0n) is 21.0. The Balaban J connectivity index is 1.65. The second-order valence-electron chi connectivity index (χ2n) is 9.45. The highest BCUT2D eigenvalue weighted by atomic mass is 16.6. The molecule has 7 heteroatoms. The Morgan fingerprint density at radius 1 is 1.09 bits per heavy atom. The lowest BCUT2D eigenvalue weighted by atomic mass is 9.68. The Morgan fingerprint density at radius 2 is 1.74 bits per heavy atom. The minimum atomic E-state index is -0.481. The number of methoxy groups -OCH3 is 1. The summed E-state index contributed by atoms with van der Waals surface area (Å²) >= 11 is 0. The van der Waals surface area contributed by atoms with Crippen molar-refractivity contribution in [2.45, 2.75) is 63.5 Å². The van der Waals surface area contributed by atoms with Crippen molar-refractivity contribution in [3.05, 3.63) is 65.7 Å². The van der Waals surface area contributed by atoms with Gasteiger partial charge in [0.1, 0.15) is 11.9 Å². The maximum Gasteiger partial charge on any atom is 0.407 e. The minimum absolute atomic E-state index is 0.113. The average molecular weight is 483 g/mol. The first kappa shape index (κ1) is 26.5. The number of para-hydroxylation sites is 1. The van der Waals surface area contributed by atoms with Crippen LogP contribution in [0.1, 0.15) is 61.9 Å². The highest BCUT2D eigenvalue weighted by Crippen LogP contribution is 2.40. The maximum atomic E-state index is 13.0. The van der Waals surface area contributed by atoms with Gasteiger partial charge in [0.2, 0.25) is 0 Å². The minimum Gasteiger partial charge on any atom is -0.496 e. The lowest BCUT2D eigenvalue weighted by Gasteiger charge is -2.40. The van der Waals surface area contributed by atoms with E-state index in [1.54, 1.807) is 19.2 Å². The Morgan fingerprint density at radius 3 is 2.37 bits per heavy atom. The molecule has 35 heavy (non-hydrogen) atoms. The maximum absolute atomic E-state index is 13.0. The van der Waals surface area contributed by atoms with Crippen molar-refractivity contribution in [3.8, 4) is 5.75 Å². The van der Waals surface area contributed by atoms with Gasteiger partial charge in [0.25, 0.3) is 5.91 Å². The Labute approximate surface area is 208 Å². The van der Waals surface area contributed by atoms with E-state index >= 15 is 0 Å². The van der Waals surface area contributed by atoms with Crippen molar-refractivity contribution in [1.82, 2.24) is 10.6 Å². The van der Waals surface area contributed by atoms with Crippen LogP contribution in [-0.4, -0.2) is 49.5 Å². The van der Waals surface area contributed by atoms with Gasteiger partial charge in [-0.05, 0) is 49.3 Å². The number of amides is 2. The first-order valence-electron chi connectivity index (χ1n) is 12.5. The van der Waals surface area contributed by atoms with E-state index in [4.69, 9.17) is 9.47 Å². The molecule has 1 aliphatic rings. The molecule has 1 fully saturated rings. The van der Waals surface area contributed by atoms with Crippen molar-refractivity contribution in [3.63, 3.8) is 0 Å². The fourth-order valence-electron chi connectivity index (χ4n) is 4.79. The van der Waals surface area contributed by atoms with Gasteiger partial charge in [-0.25, -0.2) is 4.79 Å². The summed E-state index contributed by atoms with van der Waals surface area (Å²) in [7, 11) is 1.56. The summed E-state index contributed by atoms with van der Waals surface area (Å²) in [6, 6.07) is 17.1. The van der Waals surface area contributed by atoms with Gasteiger partial charge >= 0.3 is 6.09 Å². The molecule has 2 aromatic carbocycles. The molecule has 1 aliphatic carbocycles. The monoisotopic (exact) mass is 482 g/mol. The standard InChI is InChI=1S/C28H38N2O5/c1-4-20(2)24(18-31)30-27(33)35-22-14-16-28(17-15-22,21-10-6-5-7-11-21)19-29-26(32)23-12-8-9-13-25(23)34-3/h5-13,20,22,24,31H,4,14-19H2,1-3H3,(H,29,32)(H,30,33)/t20?,22?,24-,28?/m1/s1. The summed E-state index contributed by atoms with van der Waals surface area (Å²) in [5, 5.41) is 15.5. The highest BCUT2D eigenvalue weighted by molar-refractivity contribution is 5.97. The van der Waals surface area contributed by atoms with E-state index in [1.807, 2.05) is 44.2 Å². The number of hydrogen-bond donors (Lipinski definition) is 3. The summed E-state index contributed by atoms with van der Waals surface area (Å²) in [4.78, 5) is 25.4. The van der Waals surface area contributed by atoms with Gasteiger partial charge in [-0.1, -0.05) is 62.7 Å². The third-order valence-electron chi connectivity index (χ3n) is 7.32. The molecule has 0 heterocycles. The fraction of sp³-hybridized carbons (Fsp3) is 0.500. The van der Waals surface area contributed by atoms with Gasteiger partial charge in [0.05, 0.1) is 25.3 Å². The van der Waals surface area contributed by atoms with Gasteiger partial charge in [-0.3, -0.25) is 4.79 Å². The molecule has 0 spiro atoms. The first-order valence-corrected chi connectivity index (χ1v) is 12.5. The van der Waals surface area contributed by atoms with Crippen molar-refractivity contribution in [1.29, 1.82) is 0 Å². The van der Waals surface area contributed by atoms with Crippen molar-refractivity contribution >= 4 is 12.0 Å². The van der Waals surface area contributed by atoms with Crippen LogP contribution in [-0.2, 0) is 10.2 Å². The van der Waals surface area contributed by atoms with Crippen molar-refractivity contribution < 1.29 is 24.2 Å². The number of benzene rings is 2. The molecule has 0 bridgehead atoms. The van der Waals surface area contributed by atoms with Gasteiger partial charge in [0, 0.05) is 12.0 Å². The number of ether oxygens (including phenoxy) is 2. The normalized spacial score (nSPS) is 21.4. The van der Waals surface area contributed by atoms with Crippen LogP contribution in [0.3, 0.4) is 0 Å². The number of aliphatic hydroxyl groups excluding tert-OH is 1. The van der Waals surface area contributed by atoms with Gasteiger partial charge in [0.15, 0.2) is 0 Å². The quantitative estimate of drug-likeness (QED) is 0.465. The second kappa shape index (κ2) is 12.6. The van der Waals surface area contributed by atoms with E-state index in [0.29, 0.717) is 30.7 Å². The third kappa shape index (κ3) is 6.75. The average Bonchev–Trinajstić information content (AvgIpc) is 2.91. The predicted octanol–water partition coefficient (Wildman–Crippen LogP) is 4.44. The zero-order valence-corrected chi connectivity index (χ0v) is 21.0. The smallest absolute Gasteiger partial charge is 0.407 e. The molecular weight excluding hydrogens is 444 g/mol. The van der Waals surface area contributed by atoms with Crippen LogP contribution in [0.4, 0.5) is 4.79 Å². The van der Waals surface area contributed by atoms with Crippen LogP contribution < -0.4 is 15.4 Å². The number of hydrogen-bond acceptors (Lipinski definition) is 5. The SMILES string of the molecule is CCC(C)[C@@H](CO)NC(=O)OC1CCC(CNC(=O)c2ccccc2OC)(c2ccccc2)CC1. The molecule has 2 atom stereocenters. The lowest BCUT2D eigenvalue weighted by Crippen LogP contribution is -2.46. The summed E-state index contributed by atoms with van der Waals surface area (Å²) in [5.41, 5.74) is 1.42. The molecule has 1 unspecified atom stereocenters. The zero-order chi connectivity index (χ0) is 25.3. The van der Waals surface area contributed by atoms with E-state index in [-0.39, 0.29) is 36.0 Å². The predicted molar refractivity (Wildman–Crippen MR) is 136 cm³/mol. The third-order valence-corrected chi connectivity index (χ3v) is 7.32. The topological polar surface area (TPSA) is 96.9 Å². The second-order valence-corrected chi connectivity index (χ2v) is 9.45. The van der Waals surface area contributed by atoms with E-state index in [1.165, 1.54) is 5.56 Å². The molecule has 0 radical (unpaired) electrons. The lowest BCUT2D eigenvalue weighted by molar-refractivity contribution is 0.0505. The van der Waals surface area contributed by atoms with E-state index in [0.717, 1.165) is 19.3 Å². The fourth-order valence-corrected chi connectivity index (χ4v) is 4.79. The summed E-state index contributed by atoms with van der Waals surface area (Å²) in [6.45, 7) is 4.39. The number of rotatable bonds is 10. The molecule has 7 nitrogen and oxygen atoms in total. The Hall–Kier alpha value is -3.06. The molecule has 1 saturated carbocycles. The van der Waals surface area contributed by atoms with Crippen LogP contribution in [0.5, 0.6) is 5.75 Å².